The Hall–Kier alpha value is -1.99. The molecule has 0 fully saturated rings. The summed E-state index contributed by atoms with van der Waals surface area (Å²) in [7, 11) is 1.55. The van der Waals surface area contributed by atoms with Gasteiger partial charge in [0.25, 0.3) is 5.91 Å². The fourth-order valence-electron chi connectivity index (χ4n) is 2.05. The van der Waals surface area contributed by atoms with E-state index in [-0.39, 0.29) is 12.5 Å². The molecule has 0 heterocycles. The fraction of sp³-hybridized carbons (Fsp3) is 0.471. The van der Waals surface area contributed by atoms with E-state index in [1.165, 1.54) is 0 Å². The van der Waals surface area contributed by atoms with Crippen molar-refractivity contribution in [1.82, 2.24) is 4.90 Å². The lowest BCUT2D eigenvalue weighted by Crippen LogP contribution is -2.34. The van der Waals surface area contributed by atoms with Crippen LogP contribution in [0.3, 0.4) is 0 Å². The Bertz CT molecular complexity index is 541. The first kappa shape index (κ1) is 17.1. The number of nitrogens with zero attached hydrogens (tertiary/aromatic N) is 1. The molecule has 0 aliphatic carbocycles. The monoisotopic (exact) mass is 289 g/mol. The number of rotatable bonds is 5. The Kier molecular flexibility index (Phi) is 6.77. The third-order valence-electron chi connectivity index (χ3n) is 3.00. The van der Waals surface area contributed by atoms with Crippen molar-refractivity contribution in [2.24, 2.45) is 5.92 Å². The van der Waals surface area contributed by atoms with Crippen LogP contribution in [0.4, 0.5) is 0 Å². The number of hydrogen-bond acceptors (Lipinski definition) is 3. The maximum atomic E-state index is 12.5. The topological polar surface area (TPSA) is 49.8 Å². The molecule has 0 saturated carbocycles. The fourth-order valence-corrected chi connectivity index (χ4v) is 2.05. The van der Waals surface area contributed by atoms with Gasteiger partial charge in [-0.05, 0) is 31.0 Å². The third kappa shape index (κ3) is 4.80. The van der Waals surface area contributed by atoms with Gasteiger partial charge >= 0.3 is 0 Å². The molecule has 0 unspecified atom stereocenters. The summed E-state index contributed by atoms with van der Waals surface area (Å²) in [6.07, 6.45) is 0. The first-order valence-corrected chi connectivity index (χ1v) is 7.10. The molecule has 1 aromatic rings. The van der Waals surface area contributed by atoms with Gasteiger partial charge in [0.1, 0.15) is 12.4 Å². The second-order valence-corrected chi connectivity index (χ2v) is 5.11. The summed E-state index contributed by atoms with van der Waals surface area (Å²) < 4.78 is 5.22. The van der Waals surface area contributed by atoms with Crippen molar-refractivity contribution in [1.29, 1.82) is 0 Å². The summed E-state index contributed by atoms with van der Waals surface area (Å²) in [5, 5.41) is 8.81. The van der Waals surface area contributed by atoms with E-state index >= 15 is 0 Å². The lowest BCUT2D eigenvalue weighted by atomic mass is 10.1. The smallest absolute Gasteiger partial charge is 0.253 e. The Morgan fingerprint density at radius 3 is 2.67 bits per heavy atom. The van der Waals surface area contributed by atoms with Crippen molar-refractivity contribution in [3.8, 4) is 17.6 Å². The Morgan fingerprint density at radius 1 is 1.43 bits per heavy atom. The van der Waals surface area contributed by atoms with Gasteiger partial charge in [0, 0.05) is 18.7 Å². The van der Waals surface area contributed by atoms with Crippen molar-refractivity contribution < 1.29 is 14.6 Å². The van der Waals surface area contributed by atoms with Crippen LogP contribution in [0.25, 0.3) is 0 Å². The van der Waals surface area contributed by atoms with Gasteiger partial charge in [-0.2, -0.15) is 0 Å². The summed E-state index contributed by atoms with van der Waals surface area (Å²) in [4.78, 5) is 14.3. The molecule has 21 heavy (non-hydrogen) atoms. The zero-order valence-electron chi connectivity index (χ0n) is 13.1. The first-order chi connectivity index (χ1) is 10.0. The van der Waals surface area contributed by atoms with Gasteiger partial charge in [0.2, 0.25) is 0 Å². The number of aliphatic hydroxyl groups excluding tert-OH is 1. The molecule has 4 nitrogen and oxygen atoms in total. The molecule has 1 N–H and O–H groups in total. The van der Waals surface area contributed by atoms with Crippen molar-refractivity contribution >= 4 is 5.91 Å². The minimum Gasteiger partial charge on any atom is -0.495 e. The summed E-state index contributed by atoms with van der Waals surface area (Å²) in [5.74, 6) is 6.39. The van der Waals surface area contributed by atoms with Crippen LogP contribution in [0.1, 0.15) is 36.7 Å². The lowest BCUT2D eigenvalue weighted by molar-refractivity contribution is 0.0745. The average molecular weight is 289 g/mol. The number of amides is 1. The van der Waals surface area contributed by atoms with E-state index < -0.39 is 0 Å². The quantitative estimate of drug-likeness (QED) is 0.845. The van der Waals surface area contributed by atoms with Crippen molar-refractivity contribution in [2.45, 2.75) is 20.8 Å². The van der Waals surface area contributed by atoms with E-state index in [1.54, 1.807) is 25.3 Å². The second-order valence-electron chi connectivity index (χ2n) is 5.11. The first-order valence-electron chi connectivity index (χ1n) is 7.10. The summed E-state index contributed by atoms with van der Waals surface area (Å²) in [6.45, 7) is 7.30. The molecular weight excluding hydrogens is 266 g/mol. The van der Waals surface area contributed by atoms with Crippen LogP contribution in [0, 0.1) is 17.8 Å². The summed E-state index contributed by atoms with van der Waals surface area (Å²) >= 11 is 0. The Labute approximate surface area is 126 Å². The minimum atomic E-state index is -0.226. The number of benzene rings is 1. The number of aliphatic hydroxyl groups is 1. The number of hydrogen-bond donors (Lipinski definition) is 1. The number of carbonyl (C=O) groups is 1. The molecule has 0 atom stereocenters. The minimum absolute atomic E-state index is 0.0131. The Morgan fingerprint density at radius 2 is 2.14 bits per heavy atom. The molecule has 0 spiro atoms. The van der Waals surface area contributed by atoms with E-state index in [0.717, 1.165) is 6.54 Å². The van der Waals surface area contributed by atoms with E-state index in [4.69, 9.17) is 9.84 Å². The third-order valence-corrected chi connectivity index (χ3v) is 3.00. The largest absolute Gasteiger partial charge is 0.495 e. The van der Waals surface area contributed by atoms with Crippen LogP contribution >= 0.6 is 0 Å². The van der Waals surface area contributed by atoms with Crippen LogP contribution in [0.2, 0.25) is 0 Å². The molecule has 0 aliphatic heterocycles. The van der Waals surface area contributed by atoms with Crippen LogP contribution in [0.5, 0.6) is 5.75 Å². The normalized spacial score (nSPS) is 10.0. The van der Waals surface area contributed by atoms with Gasteiger partial charge in [-0.15, -0.1) is 0 Å². The molecular formula is C17H23NO3. The van der Waals surface area contributed by atoms with Crippen molar-refractivity contribution in [2.75, 3.05) is 26.8 Å². The van der Waals surface area contributed by atoms with Gasteiger partial charge < -0.3 is 14.7 Å². The maximum Gasteiger partial charge on any atom is 0.253 e. The molecule has 114 valence electrons. The standard InChI is InChI=1S/C17H23NO3/c1-5-18(12-13(2)3)17(20)15-8-9-16(21-4)14(11-15)7-6-10-19/h8-9,11,13,19H,5,10,12H2,1-4H3. The predicted octanol–water partition coefficient (Wildman–Crippen LogP) is 2.16. The molecule has 0 bridgehead atoms. The summed E-state index contributed by atoms with van der Waals surface area (Å²) in [6, 6.07) is 5.19. The zero-order valence-corrected chi connectivity index (χ0v) is 13.1. The van der Waals surface area contributed by atoms with Gasteiger partial charge in [-0.3, -0.25) is 4.79 Å². The van der Waals surface area contributed by atoms with E-state index in [2.05, 4.69) is 25.7 Å². The number of methoxy groups -OCH3 is 1. The molecule has 0 aromatic heterocycles. The molecule has 1 amide bonds. The number of ether oxygens (including phenoxy) is 1. The maximum absolute atomic E-state index is 12.5. The molecule has 1 rings (SSSR count). The van der Waals surface area contributed by atoms with Crippen LogP contribution in [0.15, 0.2) is 18.2 Å². The molecule has 1 aromatic carbocycles. The van der Waals surface area contributed by atoms with Gasteiger partial charge in [0.05, 0.1) is 12.7 Å². The van der Waals surface area contributed by atoms with E-state index in [1.807, 2.05) is 11.8 Å². The lowest BCUT2D eigenvalue weighted by Gasteiger charge is -2.23. The van der Waals surface area contributed by atoms with Gasteiger partial charge in [-0.1, -0.05) is 25.7 Å². The van der Waals surface area contributed by atoms with E-state index in [0.29, 0.717) is 29.3 Å². The highest BCUT2D eigenvalue weighted by atomic mass is 16.5. The van der Waals surface area contributed by atoms with Gasteiger partial charge in [0.15, 0.2) is 0 Å². The highest BCUT2D eigenvalue weighted by Crippen LogP contribution is 2.20. The Balaban J connectivity index is 3.09. The highest BCUT2D eigenvalue weighted by molar-refractivity contribution is 5.94. The predicted molar refractivity (Wildman–Crippen MR) is 83.4 cm³/mol. The molecule has 4 heteroatoms. The van der Waals surface area contributed by atoms with Crippen molar-refractivity contribution in [3.05, 3.63) is 29.3 Å². The van der Waals surface area contributed by atoms with E-state index in [9.17, 15) is 4.79 Å². The molecule has 0 radical (unpaired) electrons. The molecule has 0 aliphatic rings. The average Bonchev–Trinajstić information content (AvgIpc) is 2.49. The van der Waals surface area contributed by atoms with Gasteiger partial charge in [-0.25, -0.2) is 0 Å². The summed E-state index contributed by atoms with van der Waals surface area (Å²) in [5.41, 5.74) is 1.19. The van der Waals surface area contributed by atoms with Crippen LogP contribution < -0.4 is 4.74 Å². The number of carbonyl (C=O) groups excluding carboxylic acids is 1. The SMILES string of the molecule is CCN(CC(C)C)C(=O)c1ccc(OC)c(C#CCO)c1. The second kappa shape index (κ2) is 8.33. The molecule has 0 saturated heterocycles. The van der Waals surface area contributed by atoms with Crippen LogP contribution in [-0.4, -0.2) is 42.7 Å². The van der Waals surface area contributed by atoms with Crippen LogP contribution in [-0.2, 0) is 0 Å². The van der Waals surface area contributed by atoms with Crippen molar-refractivity contribution in [3.63, 3.8) is 0 Å². The zero-order chi connectivity index (χ0) is 15.8. The highest BCUT2D eigenvalue weighted by Gasteiger charge is 2.16.